The number of nitrogens with zero attached hydrogens (tertiary/aromatic N) is 2. The molecule has 0 aliphatic carbocycles. The van der Waals surface area contributed by atoms with Crippen molar-refractivity contribution in [2.24, 2.45) is 5.10 Å². The van der Waals surface area contributed by atoms with Crippen LogP contribution in [0.5, 0.6) is 11.5 Å². The van der Waals surface area contributed by atoms with Crippen LogP contribution in [-0.4, -0.2) is 22.5 Å². The maximum Gasteiger partial charge on any atom is 0.349 e. The number of hydrogen-bond acceptors (Lipinski definition) is 5. The van der Waals surface area contributed by atoms with E-state index in [2.05, 4.69) is 26.0 Å². The minimum atomic E-state index is -0.617. The van der Waals surface area contributed by atoms with Gasteiger partial charge in [0.2, 0.25) is 0 Å². The van der Waals surface area contributed by atoms with Crippen LogP contribution in [0.2, 0.25) is 0 Å². The predicted molar refractivity (Wildman–Crippen MR) is 128 cm³/mol. The van der Waals surface area contributed by atoms with E-state index in [1.165, 1.54) is 6.21 Å². The van der Waals surface area contributed by atoms with Crippen molar-refractivity contribution < 1.29 is 9.47 Å². The summed E-state index contributed by atoms with van der Waals surface area (Å²) in [5, 5.41) is 4.50. The second-order valence-corrected chi connectivity index (χ2v) is 7.72. The second-order valence-electron chi connectivity index (χ2n) is 6.87. The van der Waals surface area contributed by atoms with E-state index in [1.54, 1.807) is 36.4 Å². The molecule has 0 amide bonds. The summed E-state index contributed by atoms with van der Waals surface area (Å²) in [6, 6.07) is 20.1. The van der Waals surface area contributed by atoms with Gasteiger partial charge in [-0.25, -0.2) is 4.79 Å². The Kier molecular flexibility index (Phi) is 6.51. The van der Waals surface area contributed by atoms with Gasteiger partial charge < -0.3 is 14.5 Å². The highest BCUT2D eigenvalue weighted by Crippen LogP contribution is 2.33. The molecule has 162 valence electrons. The van der Waals surface area contributed by atoms with Gasteiger partial charge >= 0.3 is 5.69 Å². The molecule has 0 aliphatic rings. The second kappa shape index (κ2) is 9.65. The van der Waals surface area contributed by atoms with Crippen LogP contribution < -0.4 is 20.7 Å². The molecule has 1 heterocycles. The summed E-state index contributed by atoms with van der Waals surface area (Å²) >= 11 is 3.51. The van der Waals surface area contributed by atoms with Crippen LogP contribution in [0.4, 0.5) is 0 Å². The molecule has 0 bridgehead atoms. The largest absolute Gasteiger partial charge is 0.490 e. The number of halogens is 1. The Hall–Kier alpha value is -3.65. The molecule has 32 heavy (non-hydrogen) atoms. The van der Waals surface area contributed by atoms with Gasteiger partial charge in [-0.05, 0) is 52.7 Å². The molecule has 1 aromatic heterocycles. The van der Waals surface area contributed by atoms with Crippen LogP contribution in [0, 0.1) is 0 Å². The first kappa shape index (κ1) is 21.6. The van der Waals surface area contributed by atoms with Crippen LogP contribution in [0.25, 0.3) is 10.9 Å². The van der Waals surface area contributed by atoms with Crippen LogP contribution in [0.1, 0.15) is 18.1 Å². The average Bonchev–Trinajstić information content (AvgIpc) is 2.80. The lowest BCUT2D eigenvalue weighted by Crippen LogP contribution is -2.32. The van der Waals surface area contributed by atoms with Gasteiger partial charge in [-0.15, -0.1) is 4.68 Å². The first-order valence-corrected chi connectivity index (χ1v) is 10.8. The summed E-state index contributed by atoms with van der Waals surface area (Å²) in [5.41, 5.74) is 1.01. The van der Waals surface area contributed by atoms with Crippen LogP contribution in [0.3, 0.4) is 0 Å². The topological polar surface area (TPSA) is 85.7 Å². The van der Waals surface area contributed by atoms with Crippen LogP contribution in [0.15, 0.2) is 85.9 Å². The first-order chi connectivity index (χ1) is 15.6. The fourth-order valence-corrected chi connectivity index (χ4v) is 3.57. The molecule has 1 N–H and O–H groups in total. The van der Waals surface area contributed by atoms with Crippen molar-refractivity contribution in [1.29, 1.82) is 0 Å². The monoisotopic (exact) mass is 493 g/mol. The van der Waals surface area contributed by atoms with Crippen molar-refractivity contribution in [2.45, 2.75) is 13.5 Å². The summed E-state index contributed by atoms with van der Waals surface area (Å²) < 4.78 is 13.2. The number of aromatic amines is 1. The van der Waals surface area contributed by atoms with E-state index in [9.17, 15) is 9.59 Å². The molecule has 0 radical (unpaired) electrons. The maximum atomic E-state index is 12.7. The molecule has 3 aromatic carbocycles. The Labute approximate surface area is 192 Å². The third-order valence-electron chi connectivity index (χ3n) is 4.70. The minimum Gasteiger partial charge on any atom is -0.490 e. The lowest BCUT2D eigenvalue weighted by molar-refractivity contribution is 0.269. The Morgan fingerprint density at radius 1 is 1.00 bits per heavy atom. The van der Waals surface area contributed by atoms with Crippen molar-refractivity contribution in [2.75, 3.05) is 6.61 Å². The third kappa shape index (κ3) is 4.65. The highest BCUT2D eigenvalue weighted by atomic mass is 79.9. The molecule has 0 aliphatic heterocycles. The maximum absolute atomic E-state index is 12.7. The molecule has 0 saturated carbocycles. The van der Waals surface area contributed by atoms with Gasteiger partial charge in [-0.1, -0.05) is 42.5 Å². The number of aromatic nitrogens is 2. The molecule has 4 aromatic rings. The molecular formula is C24H20BrN3O4. The standard InChI is InChI=1S/C24H20BrN3O4/c1-2-31-21-12-17(19(25)13-22(21)32-15-16-8-4-3-5-9-16)14-26-28-23(29)18-10-6-7-11-20(18)27-24(28)30/h3-14H,2,15H2,1H3,(H,27,30). The number of H-pyrrole nitrogens is 1. The molecule has 0 fully saturated rings. The zero-order valence-electron chi connectivity index (χ0n) is 17.2. The van der Waals surface area contributed by atoms with Gasteiger partial charge in [0.1, 0.15) is 6.61 Å². The summed E-state index contributed by atoms with van der Waals surface area (Å²) in [5.74, 6) is 1.10. The zero-order valence-corrected chi connectivity index (χ0v) is 18.8. The summed E-state index contributed by atoms with van der Waals surface area (Å²) in [4.78, 5) is 27.7. The molecular weight excluding hydrogens is 474 g/mol. The predicted octanol–water partition coefficient (Wildman–Crippen LogP) is 4.31. The lowest BCUT2D eigenvalue weighted by Gasteiger charge is -2.14. The SMILES string of the molecule is CCOc1cc(C=Nn2c(=O)[nH]c3ccccc3c2=O)c(Br)cc1OCc1ccccc1. The number of rotatable bonds is 7. The van der Waals surface area contributed by atoms with Gasteiger partial charge in [0.05, 0.1) is 23.7 Å². The summed E-state index contributed by atoms with van der Waals surface area (Å²) in [6.07, 6.45) is 1.43. The fourth-order valence-electron chi connectivity index (χ4n) is 3.14. The Morgan fingerprint density at radius 2 is 1.72 bits per heavy atom. The number of benzene rings is 3. The molecule has 0 atom stereocenters. The van der Waals surface area contributed by atoms with Crippen molar-refractivity contribution >= 4 is 33.0 Å². The van der Waals surface area contributed by atoms with E-state index in [0.717, 1.165) is 10.2 Å². The van der Waals surface area contributed by atoms with E-state index < -0.39 is 11.2 Å². The van der Waals surface area contributed by atoms with Crippen LogP contribution >= 0.6 is 15.9 Å². The summed E-state index contributed by atoms with van der Waals surface area (Å²) in [7, 11) is 0. The summed E-state index contributed by atoms with van der Waals surface area (Å²) in [6.45, 7) is 2.72. The smallest absolute Gasteiger partial charge is 0.349 e. The number of para-hydroxylation sites is 1. The van der Waals surface area contributed by atoms with Gasteiger partial charge in [-0.3, -0.25) is 4.79 Å². The van der Waals surface area contributed by atoms with Gasteiger partial charge in [0, 0.05) is 10.0 Å². The van der Waals surface area contributed by atoms with Crippen molar-refractivity contribution in [3.8, 4) is 11.5 Å². The number of nitrogens with one attached hydrogen (secondary N) is 1. The van der Waals surface area contributed by atoms with E-state index in [0.29, 0.717) is 45.7 Å². The molecule has 0 spiro atoms. The Balaban J connectivity index is 1.66. The highest BCUT2D eigenvalue weighted by molar-refractivity contribution is 9.10. The van der Waals surface area contributed by atoms with E-state index >= 15 is 0 Å². The Morgan fingerprint density at radius 3 is 2.50 bits per heavy atom. The van der Waals surface area contributed by atoms with Gasteiger partial charge in [-0.2, -0.15) is 5.10 Å². The molecule has 0 unspecified atom stereocenters. The van der Waals surface area contributed by atoms with Gasteiger partial charge in [0.15, 0.2) is 11.5 Å². The normalized spacial score (nSPS) is 11.2. The van der Waals surface area contributed by atoms with E-state index in [4.69, 9.17) is 9.47 Å². The van der Waals surface area contributed by atoms with Crippen LogP contribution in [-0.2, 0) is 6.61 Å². The molecule has 0 saturated heterocycles. The number of hydrogen-bond donors (Lipinski definition) is 1. The molecule has 4 rings (SSSR count). The third-order valence-corrected chi connectivity index (χ3v) is 5.38. The number of fused-ring (bicyclic) bond motifs is 1. The zero-order chi connectivity index (χ0) is 22.5. The molecule has 7 nitrogen and oxygen atoms in total. The minimum absolute atomic E-state index is 0.378. The van der Waals surface area contributed by atoms with E-state index in [-0.39, 0.29) is 0 Å². The highest BCUT2D eigenvalue weighted by Gasteiger charge is 2.11. The van der Waals surface area contributed by atoms with Crippen molar-refractivity contribution in [3.05, 3.63) is 103 Å². The fraction of sp³-hybridized carbons (Fsp3) is 0.125. The lowest BCUT2D eigenvalue weighted by atomic mass is 10.2. The Bertz CT molecular complexity index is 1390. The van der Waals surface area contributed by atoms with Gasteiger partial charge in [0.25, 0.3) is 5.56 Å². The van der Waals surface area contributed by atoms with E-state index in [1.807, 2.05) is 37.3 Å². The first-order valence-electron chi connectivity index (χ1n) is 9.98. The average molecular weight is 494 g/mol. The molecule has 8 heteroatoms. The van der Waals surface area contributed by atoms with Crippen molar-refractivity contribution in [3.63, 3.8) is 0 Å². The number of ether oxygens (including phenoxy) is 2. The quantitative estimate of drug-likeness (QED) is 0.388. The van der Waals surface area contributed by atoms with Crippen molar-refractivity contribution in [1.82, 2.24) is 9.66 Å².